The third kappa shape index (κ3) is 3.18. The summed E-state index contributed by atoms with van der Waals surface area (Å²) in [6.45, 7) is 6.28. The van der Waals surface area contributed by atoms with Crippen molar-refractivity contribution in [2.24, 2.45) is 11.7 Å². The third-order valence-corrected chi connectivity index (χ3v) is 3.93. The first-order valence-electron chi connectivity index (χ1n) is 6.87. The van der Waals surface area contributed by atoms with E-state index >= 15 is 0 Å². The Morgan fingerprint density at radius 2 is 2.11 bits per heavy atom. The van der Waals surface area contributed by atoms with Gasteiger partial charge in [0.15, 0.2) is 0 Å². The summed E-state index contributed by atoms with van der Waals surface area (Å²) in [6.07, 6.45) is 3.59. The van der Waals surface area contributed by atoms with Crippen LogP contribution in [0.15, 0.2) is 18.2 Å². The van der Waals surface area contributed by atoms with Crippen molar-refractivity contribution >= 4 is 17.3 Å². The van der Waals surface area contributed by atoms with Crippen LogP contribution in [0.2, 0.25) is 5.02 Å². The van der Waals surface area contributed by atoms with E-state index in [1.54, 1.807) is 0 Å². The fraction of sp³-hybridized carbons (Fsp3) is 0.600. The summed E-state index contributed by atoms with van der Waals surface area (Å²) in [5, 5.41) is 0.847. The lowest BCUT2D eigenvalue weighted by Crippen LogP contribution is -2.33. The van der Waals surface area contributed by atoms with Crippen molar-refractivity contribution in [3.05, 3.63) is 28.8 Å². The standard InChI is InChI=1S/C15H23ClN2/c1-11(2)18(10-12-6-7-12)15-5-3-4-14(16)13(15)8-9-17/h3-5,11-12H,6-10,17H2,1-2H3. The number of hydrogen-bond acceptors (Lipinski definition) is 2. The first kappa shape index (κ1) is 13.7. The molecule has 0 radical (unpaired) electrons. The lowest BCUT2D eigenvalue weighted by Gasteiger charge is -2.31. The second kappa shape index (κ2) is 5.94. The van der Waals surface area contributed by atoms with Crippen LogP contribution in [0.5, 0.6) is 0 Å². The van der Waals surface area contributed by atoms with Crippen LogP contribution in [-0.4, -0.2) is 19.1 Å². The molecule has 2 rings (SSSR count). The average Bonchev–Trinajstić information content (AvgIpc) is 3.13. The first-order valence-corrected chi connectivity index (χ1v) is 7.25. The first-order chi connectivity index (χ1) is 8.63. The zero-order valence-electron chi connectivity index (χ0n) is 11.3. The molecule has 0 spiro atoms. The number of nitrogens with zero attached hydrogens (tertiary/aromatic N) is 1. The molecular weight excluding hydrogens is 244 g/mol. The van der Waals surface area contributed by atoms with Crippen LogP contribution in [0.25, 0.3) is 0 Å². The van der Waals surface area contributed by atoms with Gasteiger partial charge in [0.1, 0.15) is 0 Å². The van der Waals surface area contributed by atoms with Crippen molar-refractivity contribution < 1.29 is 0 Å². The van der Waals surface area contributed by atoms with Crippen molar-refractivity contribution in [3.63, 3.8) is 0 Å². The Labute approximate surface area is 115 Å². The molecule has 1 aliphatic rings. The Kier molecular flexibility index (Phi) is 4.52. The normalized spacial score (nSPS) is 15.2. The summed E-state index contributed by atoms with van der Waals surface area (Å²) in [7, 11) is 0. The largest absolute Gasteiger partial charge is 0.369 e. The maximum absolute atomic E-state index is 6.33. The minimum Gasteiger partial charge on any atom is -0.369 e. The van der Waals surface area contributed by atoms with E-state index in [-0.39, 0.29) is 0 Å². The highest BCUT2D eigenvalue weighted by molar-refractivity contribution is 6.31. The van der Waals surface area contributed by atoms with Gasteiger partial charge >= 0.3 is 0 Å². The Morgan fingerprint density at radius 3 is 2.67 bits per heavy atom. The van der Waals surface area contributed by atoms with E-state index in [4.69, 9.17) is 17.3 Å². The van der Waals surface area contributed by atoms with Crippen LogP contribution in [0.4, 0.5) is 5.69 Å². The topological polar surface area (TPSA) is 29.3 Å². The van der Waals surface area contributed by atoms with Gasteiger partial charge in [-0.1, -0.05) is 17.7 Å². The Hall–Kier alpha value is -0.730. The molecule has 2 N–H and O–H groups in total. The van der Waals surface area contributed by atoms with E-state index in [1.807, 2.05) is 12.1 Å². The van der Waals surface area contributed by atoms with Crippen LogP contribution in [0.1, 0.15) is 32.3 Å². The molecule has 3 heteroatoms. The maximum atomic E-state index is 6.33. The fourth-order valence-electron chi connectivity index (χ4n) is 2.37. The smallest absolute Gasteiger partial charge is 0.0459 e. The number of nitrogens with two attached hydrogens (primary N) is 1. The zero-order valence-corrected chi connectivity index (χ0v) is 12.1. The van der Waals surface area contributed by atoms with E-state index in [0.717, 1.165) is 23.9 Å². The second-order valence-corrected chi connectivity index (χ2v) is 5.87. The molecule has 0 aliphatic heterocycles. The van der Waals surface area contributed by atoms with Gasteiger partial charge in [-0.15, -0.1) is 0 Å². The van der Waals surface area contributed by atoms with Crippen molar-refractivity contribution in [2.45, 2.75) is 39.2 Å². The predicted molar refractivity (Wildman–Crippen MR) is 79.4 cm³/mol. The van der Waals surface area contributed by atoms with E-state index in [9.17, 15) is 0 Å². The minimum atomic E-state index is 0.501. The lowest BCUT2D eigenvalue weighted by molar-refractivity contribution is 0.641. The van der Waals surface area contributed by atoms with Crippen LogP contribution in [0.3, 0.4) is 0 Å². The van der Waals surface area contributed by atoms with Crippen LogP contribution < -0.4 is 10.6 Å². The summed E-state index contributed by atoms with van der Waals surface area (Å²) in [5.74, 6) is 0.872. The highest BCUT2D eigenvalue weighted by atomic mass is 35.5. The van der Waals surface area contributed by atoms with Crippen LogP contribution in [0, 0.1) is 5.92 Å². The summed E-state index contributed by atoms with van der Waals surface area (Å²) < 4.78 is 0. The van der Waals surface area contributed by atoms with E-state index in [2.05, 4.69) is 24.8 Å². The summed E-state index contributed by atoms with van der Waals surface area (Å²) >= 11 is 6.33. The molecule has 1 aliphatic carbocycles. The monoisotopic (exact) mass is 266 g/mol. The molecule has 0 amide bonds. The van der Waals surface area contributed by atoms with Gasteiger partial charge in [-0.05, 0) is 63.3 Å². The molecular formula is C15H23ClN2. The minimum absolute atomic E-state index is 0.501. The van der Waals surface area contributed by atoms with Crippen LogP contribution >= 0.6 is 11.6 Å². The number of benzene rings is 1. The molecule has 0 saturated heterocycles. The van der Waals surface area contributed by atoms with Gasteiger partial charge < -0.3 is 10.6 Å². The lowest BCUT2D eigenvalue weighted by atomic mass is 10.1. The van der Waals surface area contributed by atoms with Gasteiger partial charge in [-0.3, -0.25) is 0 Å². The summed E-state index contributed by atoms with van der Waals surface area (Å²) in [5.41, 5.74) is 8.19. The number of rotatable bonds is 6. The van der Waals surface area contributed by atoms with E-state index in [0.29, 0.717) is 12.6 Å². The summed E-state index contributed by atoms with van der Waals surface area (Å²) in [4.78, 5) is 2.48. The maximum Gasteiger partial charge on any atom is 0.0459 e. The summed E-state index contributed by atoms with van der Waals surface area (Å²) in [6, 6.07) is 6.69. The van der Waals surface area contributed by atoms with Gasteiger partial charge in [0, 0.05) is 23.3 Å². The molecule has 0 unspecified atom stereocenters. The SMILES string of the molecule is CC(C)N(CC1CC1)c1cccc(Cl)c1CCN. The average molecular weight is 267 g/mol. The molecule has 0 atom stereocenters. The predicted octanol–water partition coefficient (Wildman–Crippen LogP) is 3.47. The molecule has 18 heavy (non-hydrogen) atoms. The quantitative estimate of drug-likeness (QED) is 0.854. The van der Waals surface area contributed by atoms with Crippen molar-refractivity contribution in [2.75, 3.05) is 18.0 Å². The molecule has 1 fully saturated rings. The van der Waals surface area contributed by atoms with E-state index in [1.165, 1.54) is 24.1 Å². The van der Waals surface area contributed by atoms with Gasteiger partial charge in [0.05, 0.1) is 0 Å². The number of hydrogen-bond donors (Lipinski definition) is 1. The Balaban J connectivity index is 2.29. The fourth-order valence-corrected chi connectivity index (χ4v) is 2.64. The molecule has 1 aromatic rings. The number of halogens is 1. The molecule has 0 aromatic heterocycles. The Morgan fingerprint density at radius 1 is 1.39 bits per heavy atom. The highest BCUT2D eigenvalue weighted by Gasteiger charge is 2.26. The third-order valence-electron chi connectivity index (χ3n) is 3.57. The molecule has 1 aromatic carbocycles. The highest BCUT2D eigenvalue weighted by Crippen LogP contribution is 2.35. The zero-order chi connectivity index (χ0) is 13.1. The van der Waals surface area contributed by atoms with E-state index < -0.39 is 0 Å². The molecule has 100 valence electrons. The van der Waals surface area contributed by atoms with Gasteiger partial charge in [0.2, 0.25) is 0 Å². The molecule has 1 saturated carbocycles. The van der Waals surface area contributed by atoms with Gasteiger partial charge in [-0.2, -0.15) is 0 Å². The number of anilines is 1. The van der Waals surface area contributed by atoms with Gasteiger partial charge in [0.25, 0.3) is 0 Å². The second-order valence-electron chi connectivity index (χ2n) is 5.47. The van der Waals surface area contributed by atoms with Gasteiger partial charge in [-0.25, -0.2) is 0 Å². The van der Waals surface area contributed by atoms with Crippen molar-refractivity contribution in [1.82, 2.24) is 0 Å². The molecule has 2 nitrogen and oxygen atoms in total. The molecule has 0 bridgehead atoms. The van der Waals surface area contributed by atoms with Crippen molar-refractivity contribution in [3.8, 4) is 0 Å². The van der Waals surface area contributed by atoms with Crippen LogP contribution in [-0.2, 0) is 6.42 Å². The molecule has 0 heterocycles. The van der Waals surface area contributed by atoms with Crippen molar-refractivity contribution in [1.29, 1.82) is 0 Å². The Bertz CT molecular complexity index is 399.